The largest absolute Gasteiger partial charge is 0.320 e. The zero-order valence-electron chi connectivity index (χ0n) is 10.1. The van der Waals surface area contributed by atoms with Gasteiger partial charge in [0.05, 0.1) is 4.21 Å². The van der Waals surface area contributed by atoms with Gasteiger partial charge in [-0.2, -0.15) is 0 Å². The van der Waals surface area contributed by atoms with Gasteiger partial charge in [0.1, 0.15) is 10.7 Å². The molecule has 3 rings (SSSR count). The van der Waals surface area contributed by atoms with Crippen LogP contribution in [0.4, 0.5) is 0 Å². The van der Waals surface area contributed by atoms with Crippen molar-refractivity contribution in [3.05, 3.63) is 63.6 Å². The van der Waals surface area contributed by atoms with Crippen molar-refractivity contribution in [2.24, 2.45) is 0 Å². The van der Waals surface area contributed by atoms with E-state index in [-0.39, 0.29) is 22.3 Å². The molecule has 1 aromatic carbocycles. The molecule has 1 aliphatic rings. The SMILES string of the molecule is O=C1C(Cl)=C(NSc2cccs2)C(=O)c2ccccc21. The van der Waals surface area contributed by atoms with E-state index in [2.05, 4.69) is 4.72 Å². The first-order valence-corrected chi connectivity index (χ1v) is 7.80. The van der Waals surface area contributed by atoms with Crippen LogP contribution in [0, 0.1) is 0 Å². The van der Waals surface area contributed by atoms with Gasteiger partial charge in [0.2, 0.25) is 11.6 Å². The summed E-state index contributed by atoms with van der Waals surface area (Å²) in [5.74, 6) is -0.578. The minimum absolute atomic E-state index is 0.0576. The Morgan fingerprint density at radius 2 is 1.70 bits per heavy atom. The highest BCUT2D eigenvalue weighted by atomic mass is 35.5. The molecule has 2 aromatic rings. The average molecular weight is 322 g/mol. The van der Waals surface area contributed by atoms with Crippen molar-refractivity contribution in [2.75, 3.05) is 0 Å². The molecule has 0 radical (unpaired) electrons. The number of fused-ring (bicyclic) bond motifs is 1. The molecule has 1 N–H and O–H groups in total. The minimum atomic E-state index is -0.323. The number of allylic oxidation sites excluding steroid dienone is 2. The molecule has 0 saturated heterocycles. The number of thiophene rings is 1. The van der Waals surface area contributed by atoms with E-state index in [0.717, 1.165) is 4.21 Å². The second-order valence-electron chi connectivity index (χ2n) is 4.03. The van der Waals surface area contributed by atoms with E-state index < -0.39 is 0 Å². The van der Waals surface area contributed by atoms with Gasteiger partial charge in [-0.15, -0.1) is 11.3 Å². The van der Waals surface area contributed by atoms with Crippen molar-refractivity contribution in [1.82, 2.24) is 4.72 Å². The number of carbonyl (C=O) groups excluding carboxylic acids is 2. The maximum atomic E-state index is 12.4. The molecule has 0 atom stereocenters. The van der Waals surface area contributed by atoms with Crippen LogP contribution in [0.5, 0.6) is 0 Å². The Morgan fingerprint density at radius 1 is 1.00 bits per heavy atom. The second-order valence-corrected chi connectivity index (χ2v) is 6.46. The van der Waals surface area contributed by atoms with Gasteiger partial charge >= 0.3 is 0 Å². The van der Waals surface area contributed by atoms with E-state index in [0.29, 0.717) is 11.1 Å². The van der Waals surface area contributed by atoms with E-state index in [1.165, 1.54) is 23.3 Å². The minimum Gasteiger partial charge on any atom is -0.320 e. The zero-order valence-corrected chi connectivity index (χ0v) is 12.4. The first kappa shape index (κ1) is 13.4. The van der Waals surface area contributed by atoms with Gasteiger partial charge in [0.15, 0.2) is 0 Å². The molecule has 0 saturated carbocycles. The van der Waals surface area contributed by atoms with Crippen LogP contribution in [0.2, 0.25) is 0 Å². The van der Waals surface area contributed by atoms with Gasteiger partial charge in [0.25, 0.3) is 0 Å². The Hall–Kier alpha value is -1.56. The number of nitrogens with one attached hydrogen (secondary N) is 1. The van der Waals surface area contributed by atoms with Crippen molar-refractivity contribution >= 4 is 46.5 Å². The summed E-state index contributed by atoms with van der Waals surface area (Å²) in [6, 6.07) is 10.5. The molecule has 0 unspecified atom stereocenters. The number of Topliss-reactive ketones (excluding diaryl/α,β-unsaturated/α-hetero) is 2. The molecule has 0 bridgehead atoms. The summed E-state index contributed by atoms with van der Waals surface area (Å²) in [6.07, 6.45) is 0. The molecule has 0 amide bonds. The number of carbonyl (C=O) groups is 2. The predicted molar refractivity (Wildman–Crippen MR) is 81.3 cm³/mol. The van der Waals surface area contributed by atoms with E-state index in [1.54, 1.807) is 24.3 Å². The van der Waals surface area contributed by atoms with Crippen molar-refractivity contribution in [2.45, 2.75) is 4.21 Å². The summed E-state index contributed by atoms with van der Waals surface area (Å²) in [5, 5.41) is 1.88. The Morgan fingerprint density at radius 3 is 2.35 bits per heavy atom. The molecule has 6 heteroatoms. The number of benzene rings is 1. The maximum Gasteiger partial charge on any atom is 0.212 e. The van der Waals surface area contributed by atoms with Crippen molar-refractivity contribution in [1.29, 1.82) is 0 Å². The Balaban J connectivity index is 1.93. The third kappa shape index (κ3) is 2.28. The molecule has 1 heterocycles. The van der Waals surface area contributed by atoms with Crippen LogP contribution in [-0.2, 0) is 0 Å². The number of hydrogen-bond donors (Lipinski definition) is 1. The van der Waals surface area contributed by atoms with Crippen LogP contribution in [0.1, 0.15) is 20.7 Å². The van der Waals surface area contributed by atoms with Gasteiger partial charge in [-0.3, -0.25) is 9.59 Å². The van der Waals surface area contributed by atoms with Crippen molar-refractivity contribution < 1.29 is 9.59 Å². The summed E-state index contributed by atoms with van der Waals surface area (Å²) in [4.78, 5) is 24.5. The fraction of sp³-hybridized carbons (Fsp3) is 0. The lowest BCUT2D eigenvalue weighted by Crippen LogP contribution is -2.25. The molecule has 0 aliphatic heterocycles. The average Bonchev–Trinajstić information content (AvgIpc) is 2.98. The van der Waals surface area contributed by atoms with Gasteiger partial charge in [0, 0.05) is 11.1 Å². The summed E-state index contributed by atoms with van der Waals surface area (Å²) in [5.41, 5.74) is 0.888. The van der Waals surface area contributed by atoms with E-state index in [9.17, 15) is 9.59 Å². The summed E-state index contributed by atoms with van der Waals surface area (Å²) in [7, 11) is 0. The van der Waals surface area contributed by atoms with Crippen LogP contribution < -0.4 is 4.72 Å². The molecule has 100 valence electrons. The number of halogens is 1. The highest BCUT2D eigenvalue weighted by Crippen LogP contribution is 2.30. The number of ketones is 2. The first-order chi connectivity index (χ1) is 9.68. The molecule has 3 nitrogen and oxygen atoms in total. The van der Waals surface area contributed by atoms with Crippen LogP contribution in [0.25, 0.3) is 0 Å². The summed E-state index contributed by atoms with van der Waals surface area (Å²) < 4.78 is 3.89. The third-order valence-corrected chi connectivity index (χ3v) is 5.02. The van der Waals surface area contributed by atoms with Crippen LogP contribution in [0.15, 0.2) is 56.7 Å². The van der Waals surface area contributed by atoms with Gasteiger partial charge in [-0.05, 0) is 23.4 Å². The maximum absolute atomic E-state index is 12.4. The Kier molecular flexibility index (Phi) is 3.65. The molecule has 0 fully saturated rings. The van der Waals surface area contributed by atoms with Gasteiger partial charge in [-0.1, -0.05) is 41.9 Å². The monoisotopic (exact) mass is 321 g/mol. The van der Waals surface area contributed by atoms with Crippen LogP contribution in [0.3, 0.4) is 0 Å². The fourth-order valence-electron chi connectivity index (χ4n) is 1.86. The fourth-order valence-corrected chi connectivity index (χ4v) is 3.63. The third-order valence-electron chi connectivity index (χ3n) is 2.81. The Bertz CT molecular complexity index is 723. The highest BCUT2D eigenvalue weighted by Gasteiger charge is 2.31. The van der Waals surface area contributed by atoms with Crippen molar-refractivity contribution in [3.8, 4) is 0 Å². The van der Waals surface area contributed by atoms with Gasteiger partial charge < -0.3 is 4.72 Å². The van der Waals surface area contributed by atoms with Crippen LogP contribution >= 0.6 is 34.9 Å². The zero-order chi connectivity index (χ0) is 14.1. The van der Waals surface area contributed by atoms with E-state index in [4.69, 9.17) is 11.6 Å². The normalized spacial score (nSPS) is 14.4. The summed E-state index contributed by atoms with van der Waals surface area (Å²) >= 11 is 8.84. The van der Waals surface area contributed by atoms with Crippen molar-refractivity contribution in [3.63, 3.8) is 0 Å². The quantitative estimate of drug-likeness (QED) is 0.872. The summed E-state index contributed by atoms with van der Waals surface area (Å²) in [6.45, 7) is 0. The van der Waals surface area contributed by atoms with E-state index in [1.807, 2.05) is 17.5 Å². The lowest BCUT2D eigenvalue weighted by molar-refractivity contribution is 0.0978. The highest BCUT2D eigenvalue weighted by molar-refractivity contribution is 7.99. The van der Waals surface area contributed by atoms with E-state index >= 15 is 0 Å². The topological polar surface area (TPSA) is 46.2 Å². The first-order valence-electron chi connectivity index (χ1n) is 5.73. The predicted octanol–water partition coefficient (Wildman–Crippen LogP) is 3.87. The standard InChI is InChI=1S/C14H8ClNO2S2/c15-11-12(16-20-10-6-3-7-19-10)14(18)9-5-2-1-4-8(9)13(11)17/h1-7,16H. The lowest BCUT2D eigenvalue weighted by Gasteiger charge is -2.17. The lowest BCUT2D eigenvalue weighted by atomic mass is 9.93. The second kappa shape index (κ2) is 5.44. The molecule has 0 spiro atoms. The molecular formula is C14H8ClNO2S2. The molecule has 20 heavy (non-hydrogen) atoms. The number of rotatable bonds is 3. The number of hydrogen-bond acceptors (Lipinski definition) is 5. The van der Waals surface area contributed by atoms with Gasteiger partial charge in [-0.25, -0.2) is 0 Å². The molecule has 1 aliphatic carbocycles. The Labute approximate surface area is 128 Å². The molecule has 1 aromatic heterocycles. The van der Waals surface area contributed by atoms with Crippen LogP contribution in [-0.4, -0.2) is 11.6 Å². The molecular weight excluding hydrogens is 314 g/mol. The smallest absolute Gasteiger partial charge is 0.212 e.